The molecule has 0 heterocycles. The largest absolute Gasteiger partial charge is 0.350 e. The number of anilines is 1. The molecule has 8 nitrogen and oxygen atoms in total. The number of carbonyl (C=O) groups is 2. The van der Waals surface area contributed by atoms with Crippen LogP contribution in [0.3, 0.4) is 0 Å². The van der Waals surface area contributed by atoms with E-state index in [1.807, 2.05) is 20.8 Å². The second-order valence-electron chi connectivity index (χ2n) is 9.20. The van der Waals surface area contributed by atoms with Gasteiger partial charge in [-0.25, -0.2) is 8.70 Å². The van der Waals surface area contributed by atoms with Gasteiger partial charge in [0.15, 0.2) is 0 Å². The van der Waals surface area contributed by atoms with Gasteiger partial charge < -0.3 is 10.2 Å². The molecular weight excluding hydrogens is 459 g/mol. The van der Waals surface area contributed by atoms with E-state index < -0.39 is 40.1 Å². The summed E-state index contributed by atoms with van der Waals surface area (Å²) in [7, 11) is -1.24. The summed E-state index contributed by atoms with van der Waals surface area (Å²) in [6.07, 6.45) is 0. The van der Waals surface area contributed by atoms with Crippen LogP contribution < -0.4 is 9.62 Å². The SMILES string of the molecule is C[C@@H](C(=O)NC(C)(C)C)N(Cc1ccc(F)cc1)C(=O)CN(c1ccccc1)S(=O)(=O)N(C)C. The molecule has 2 aromatic carbocycles. The molecule has 0 saturated carbocycles. The van der Waals surface area contributed by atoms with Crippen molar-refractivity contribution in [2.24, 2.45) is 0 Å². The van der Waals surface area contributed by atoms with E-state index >= 15 is 0 Å². The third kappa shape index (κ3) is 7.26. The minimum atomic E-state index is -4.00. The molecule has 0 aromatic heterocycles. The molecule has 0 aliphatic heterocycles. The van der Waals surface area contributed by atoms with Crippen molar-refractivity contribution >= 4 is 27.7 Å². The lowest BCUT2D eigenvalue weighted by molar-refractivity contribution is -0.140. The van der Waals surface area contributed by atoms with Gasteiger partial charge in [-0.2, -0.15) is 12.7 Å². The third-order valence-corrected chi connectivity index (χ3v) is 6.81. The molecule has 10 heteroatoms. The minimum Gasteiger partial charge on any atom is -0.350 e. The van der Waals surface area contributed by atoms with Crippen molar-refractivity contribution in [3.8, 4) is 0 Å². The Bertz CT molecular complexity index is 1080. The minimum absolute atomic E-state index is 0.00246. The second-order valence-corrected chi connectivity index (χ2v) is 11.3. The van der Waals surface area contributed by atoms with Gasteiger partial charge in [0.05, 0.1) is 5.69 Å². The van der Waals surface area contributed by atoms with Crippen molar-refractivity contribution in [3.05, 3.63) is 66.0 Å². The lowest BCUT2D eigenvalue weighted by Gasteiger charge is -2.34. The highest BCUT2D eigenvalue weighted by atomic mass is 32.2. The number of carbonyl (C=O) groups excluding carboxylic acids is 2. The van der Waals surface area contributed by atoms with E-state index in [1.165, 1.54) is 43.3 Å². The van der Waals surface area contributed by atoms with Gasteiger partial charge in [0.2, 0.25) is 11.8 Å². The van der Waals surface area contributed by atoms with Crippen LogP contribution in [0.15, 0.2) is 54.6 Å². The Morgan fingerprint density at radius 1 is 1.00 bits per heavy atom. The highest BCUT2D eigenvalue weighted by Gasteiger charge is 2.33. The summed E-state index contributed by atoms with van der Waals surface area (Å²) in [6, 6.07) is 13.0. The normalized spacial score (nSPS) is 12.8. The van der Waals surface area contributed by atoms with Crippen LogP contribution in [0.25, 0.3) is 0 Å². The van der Waals surface area contributed by atoms with Crippen LogP contribution in [-0.2, 0) is 26.3 Å². The topological polar surface area (TPSA) is 90.0 Å². The van der Waals surface area contributed by atoms with Gasteiger partial charge in [-0.1, -0.05) is 30.3 Å². The van der Waals surface area contributed by atoms with Crippen molar-refractivity contribution in [2.45, 2.75) is 45.8 Å². The summed E-state index contributed by atoms with van der Waals surface area (Å²) in [5, 5.41) is 2.85. The molecule has 186 valence electrons. The molecule has 0 saturated heterocycles. The number of hydrogen-bond acceptors (Lipinski definition) is 4. The average molecular weight is 493 g/mol. The number of para-hydroxylation sites is 1. The molecule has 0 radical (unpaired) electrons. The number of halogens is 1. The number of hydrogen-bond donors (Lipinski definition) is 1. The fourth-order valence-corrected chi connectivity index (χ4v) is 4.21. The molecule has 0 unspecified atom stereocenters. The summed E-state index contributed by atoms with van der Waals surface area (Å²) in [4.78, 5) is 27.7. The molecule has 0 bridgehead atoms. The van der Waals surface area contributed by atoms with E-state index in [9.17, 15) is 22.4 Å². The fourth-order valence-electron chi connectivity index (χ4n) is 3.15. The molecular formula is C24H33FN4O4S. The van der Waals surface area contributed by atoms with Crippen LogP contribution >= 0.6 is 0 Å². The third-order valence-electron chi connectivity index (χ3n) is 4.99. The number of nitrogens with one attached hydrogen (secondary N) is 1. The average Bonchev–Trinajstić information content (AvgIpc) is 2.75. The number of amides is 2. The Kier molecular flexibility index (Phi) is 8.79. The lowest BCUT2D eigenvalue weighted by atomic mass is 10.1. The smallest absolute Gasteiger partial charge is 0.304 e. The van der Waals surface area contributed by atoms with Crippen LogP contribution in [0.4, 0.5) is 10.1 Å². The maximum absolute atomic E-state index is 13.5. The number of benzene rings is 2. The standard InChI is InChI=1S/C24H33FN4O4S/c1-18(23(31)26-24(2,3)4)28(16-19-12-14-20(25)15-13-19)22(30)17-29(34(32,33)27(5)6)21-10-8-7-9-11-21/h7-15,18H,16-17H2,1-6H3,(H,26,31)/t18-/m0/s1. The van der Waals surface area contributed by atoms with Crippen LogP contribution in [-0.4, -0.2) is 61.7 Å². The van der Waals surface area contributed by atoms with E-state index in [-0.39, 0.29) is 12.5 Å². The van der Waals surface area contributed by atoms with Crippen LogP contribution in [0.5, 0.6) is 0 Å². The quantitative estimate of drug-likeness (QED) is 0.583. The molecule has 0 spiro atoms. The summed E-state index contributed by atoms with van der Waals surface area (Å²) in [5.41, 5.74) is 0.394. The molecule has 2 rings (SSSR count). The maximum Gasteiger partial charge on any atom is 0.304 e. The molecule has 0 aliphatic carbocycles. The van der Waals surface area contributed by atoms with E-state index in [4.69, 9.17) is 0 Å². The number of rotatable bonds is 9. The Balaban J connectivity index is 2.43. The van der Waals surface area contributed by atoms with Gasteiger partial charge >= 0.3 is 10.2 Å². The summed E-state index contributed by atoms with van der Waals surface area (Å²) in [6.45, 7) is 6.54. The first-order chi connectivity index (χ1) is 15.7. The molecule has 0 aliphatic rings. The summed E-state index contributed by atoms with van der Waals surface area (Å²) >= 11 is 0. The molecule has 2 amide bonds. The number of nitrogens with zero attached hydrogens (tertiary/aromatic N) is 3. The van der Waals surface area contributed by atoms with Crippen LogP contribution in [0.1, 0.15) is 33.3 Å². The first-order valence-corrected chi connectivity index (χ1v) is 12.2. The van der Waals surface area contributed by atoms with Gasteiger partial charge in [0.25, 0.3) is 0 Å². The molecule has 2 aromatic rings. The first-order valence-electron chi connectivity index (χ1n) is 10.8. The molecule has 1 N–H and O–H groups in total. The molecule has 1 atom stereocenters. The van der Waals surface area contributed by atoms with Gasteiger partial charge in [-0.3, -0.25) is 9.59 Å². The first kappa shape index (κ1) is 27.3. The summed E-state index contributed by atoms with van der Waals surface area (Å²) in [5.74, 6) is -1.38. The fraction of sp³-hybridized carbons (Fsp3) is 0.417. The van der Waals surface area contributed by atoms with Crippen LogP contribution in [0, 0.1) is 5.82 Å². The Morgan fingerprint density at radius 2 is 1.56 bits per heavy atom. The van der Waals surface area contributed by atoms with Crippen molar-refractivity contribution in [2.75, 3.05) is 24.9 Å². The van der Waals surface area contributed by atoms with Gasteiger partial charge in [-0.05, 0) is 57.5 Å². The van der Waals surface area contributed by atoms with Crippen LogP contribution in [0.2, 0.25) is 0 Å². The maximum atomic E-state index is 13.5. The second kappa shape index (κ2) is 11.0. The Labute approximate surface area is 201 Å². The van der Waals surface area contributed by atoms with Gasteiger partial charge in [0, 0.05) is 26.2 Å². The zero-order valence-electron chi connectivity index (χ0n) is 20.4. The molecule has 34 heavy (non-hydrogen) atoms. The van der Waals surface area contributed by atoms with Crippen molar-refractivity contribution < 1.29 is 22.4 Å². The highest BCUT2D eigenvalue weighted by molar-refractivity contribution is 7.90. The predicted molar refractivity (Wildman–Crippen MR) is 131 cm³/mol. The highest BCUT2D eigenvalue weighted by Crippen LogP contribution is 2.20. The monoisotopic (exact) mass is 492 g/mol. The predicted octanol–water partition coefficient (Wildman–Crippen LogP) is 2.77. The Hall–Kier alpha value is -2.98. The van der Waals surface area contributed by atoms with Crippen molar-refractivity contribution in [1.29, 1.82) is 0 Å². The summed E-state index contributed by atoms with van der Waals surface area (Å²) < 4.78 is 41.5. The van der Waals surface area contributed by atoms with Gasteiger partial charge in [-0.15, -0.1) is 0 Å². The van der Waals surface area contributed by atoms with Gasteiger partial charge in [0.1, 0.15) is 18.4 Å². The zero-order chi connectivity index (χ0) is 25.7. The van der Waals surface area contributed by atoms with E-state index in [2.05, 4.69) is 5.32 Å². The zero-order valence-corrected chi connectivity index (χ0v) is 21.3. The van der Waals surface area contributed by atoms with E-state index in [0.717, 1.165) is 8.61 Å². The van der Waals surface area contributed by atoms with Crippen molar-refractivity contribution in [1.82, 2.24) is 14.5 Å². The van der Waals surface area contributed by atoms with E-state index in [1.54, 1.807) is 37.3 Å². The Morgan fingerprint density at radius 3 is 2.06 bits per heavy atom. The lowest BCUT2D eigenvalue weighted by Crippen LogP contribution is -2.54. The molecule has 0 fully saturated rings. The van der Waals surface area contributed by atoms with E-state index in [0.29, 0.717) is 11.3 Å². The van der Waals surface area contributed by atoms with Crippen molar-refractivity contribution in [3.63, 3.8) is 0 Å².